The van der Waals surface area contributed by atoms with Crippen molar-refractivity contribution >= 4 is 11.3 Å². The Bertz CT molecular complexity index is 404. The Balaban J connectivity index is 2.35. The van der Waals surface area contributed by atoms with Crippen LogP contribution in [0.25, 0.3) is 10.7 Å². The zero-order valence-electron chi connectivity index (χ0n) is 7.14. The van der Waals surface area contributed by atoms with E-state index in [1.165, 1.54) is 4.80 Å². The molecule has 2 rings (SSSR count). The molecular weight excluding hydrogens is 186 g/mol. The number of rotatable bonds is 2. The molecule has 0 radical (unpaired) electrons. The van der Waals surface area contributed by atoms with Crippen LogP contribution in [-0.4, -0.2) is 20.2 Å². The minimum absolute atomic E-state index is 0.552. The largest absolute Gasteiger partial charge is 0.326 e. The lowest BCUT2D eigenvalue weighted by Crippen LogP contribution is -1.92. The Kier molecular flexibility index (Phi) is 2.07. The summed E-state index contributed by atoms with van der Waals surface area (Å²) in [7, 11) is 1.74. The minimum atomic E-state index is 0.552. The topological polar surface area (TPSA) is 69.6 Å². The Morgan fingerprint density at radius 1 is 1.62 bits per heavy atom. The van der Waals surface area contributed by atoms with Gasteiger partial charge in [0, 0.05) is 6.54 Å². The molecule has 0 aliphatic heterocycles. The molecule has 13 heavy (non-hydrogen) atoms. The number of thiophene rings is 1. The van der Waals surface area contributed by atoms with E-state index in [-0.39, 0.29) is 0 Å². The van der Waals surface area contributed by atoms with Crippen molar-refractivity contribution in [3.05, 3.63) is 17.0 Å². The van der Waals surface area contributed by atoms with E-state index in [0.29, 0.717) is 12.4 Å². The van der Waals surface area contributed by atoms with E-state index in [9.17, 15) is 0 Å². The zero-order valence-corrected chi connectivity index (χ0v) is 7.95. The molecule has 0 unspecified atom stereocenters. The molecule has 2 N–H and O–H groups in total. The van der Waals surface area contributed by atoms with Gasteiger partial charge in [0.15, 0.2) is 0 Å². The number of hydrogen-bond donors (Lipinski definition) is 1. The van der Waals surface area contributed by atoms with Gasteiger partial charge in [-0.3, -0.25) is 0 Å². The fraction of sp³-hybridized carbons (Fsp3) is 0.286. The summed E-state index contributed by atoms with van der Waals surface area (Å²) in [6.45, 7) is 0.552. The highest BCUT2D eigenvalue weighted by atomic mass is 32.1. The van der Waals surface area contributed by atoms with Crippen LogP contribution >= 0.6 is 11.3 Å². The molecular formula is C7H9N5S. The Morgan fingerprint density at radius 3 is 3.00 bits per heavy atom. The number of nitrogens with two attached hydrogens (primary N) is 1. The Morgan fingerprint density at radius 2 is 2.46 bits per heavy atom. The first-order chi connectivity index (χ1) is 6.29. The van der Waals surface area contributed by atoms with E-state index < -0.39 is 0 Å². The predicted octanol–water partition coefficient (Wildman–Crippen LogP) is 0.397. The van der Waals surface area contributed by atoms with E-state index in [1.54, 1.807) is 18.4 Å². The summed E-state index contributed by atoms with van der Waals surface area (Å²) in [5, 5.41) is 13.8. The van der Waals surface area contributed by atoms with Crippen molar-refractivity contribution in [2.75, 3.05) is 0 Å². The molecule has 2 aromatic heterocycles. The highest BCUT2D eigenvalue weighted by Crippen LogP contribution is 2.22. The molecule has 0 spiro atoms. The second kappa shape index (κ2) is 3.23. The molecule has 0 atom stereocenters. The number of aromatic nitrogens is 4. The second-order valence-electron chi connectivity index (χ2n) is 2.63. The van der Waals surface area contributed by atoms with E-state index in [2.05, 4.69) is 15.4 Å². The van der Waals surface area contributed by atoms with Gasteiger partial charge in [-0.15, -0.1) is 21.5 Å². The molecule has 0 aliphatic carbocycles. The lowest BCUT2D eigenvalue weighted by molar-refractivity contribution is 0.630. The van der Waals surface area contributed by atoms with Gasteiger partial charge in [0.2, 0.25) is 5.82 Å². The second-order valence-corrected chi connectivity index (χ2v) is 3.54. The van der Waals surface area contributed by atoms with Gasteiger partial charge in [-0.1, -0.05) is 0 Å². The molecule has 0 aliphatic rings. The maximum absolute atomic E-state index is 5.49. The van der Waals surface area contributed by atoms with Gasteiger partial charge >= 0.3 is 0 Å². The maximum atomic E-state index is 5.49. The number of tetrazole rings is 1. The van der Waals surface area contributed by atoms with Gasteiger partial charge < -0.3 is 5.73 Å². The van der Waals surface area contributed by atoms with Crippen molar-refractivity contribution in [1.29, 1.82) is 0 Å². The molecule has 68 valence electrons. The summed E-state index contributed by atoms with van der Waals surface area (Å²) < 4.78 is 0. The summed E-state index contributed by atoms with van der Waals surface area (Å²) in [5.74, 6) is 0.659. The van der Waals surface area contributed by atoms with Gasteiger partial charge in [-0.2, -0.15) is 4.80 Å². The predicted molar refractivity (Wildman–Crippen MR) is 50.0 cm³/mol. The van der Waals surface area contributed by atoms with Crippen molar-refractivity contribution in [2.24, 2.45) is 12.8 Å². The molecule has 2 heterocycles. The van der Waals surface area contributed by atoms with Gasteiger partial charge in [0.1, 0.15) is 0 Å². The first-order valence-electron chi connectivity index (χ1n) is 3.81. The van der Waals surface area contributed by atoms with Crippen LogP contribution in [-0.2, 0) is 13.6 Å². The molecule has 5 nitrogen and oxygen atoms in total. The van der Waals surface area contributed by atoms with Crippen LogP contribution in [0, 0.1) is 0 Å². The Labute approximate surface area is 79.2 Å². The molecule has 0 fully saturated rings. The third-order valence-electron chi connectivity index (χ3n) is 1.62. The lowest BCUT2D eigenvalue weighted by atomic mass is 10.3. The minimum Gasteiger partial charge on any atom is -0.326 e. The van der Waals surface area contributed by atoms with E-state index in [4.69, 9.17) is 5.73 Å². The molecule has 0 aromatic carbocycles. The van der Waals surface area contributed by atoms with Crippen molar-refractivity contribution in [2.45, 2.75) is 6.54 Å². The SMILES string of the molecule is Cn1nnc(-c2cc(CN)cs2)n1. The first-order valence-corrected chi connectivity index (χ1v) is 4.69. The quantitative estimate of drug-likeness (QED) is 0.753. The smallest absolute Gasteiger partial charge is 0.214 e. The van der Waals surface area contributed by atoms with E-state index in [1.807, 2.05) is 11.4 Å². The van der Waals surface area contributed by atoms with Crippen molar-refractivity contribution in [3.63, 3.8) is 0 Å². The number of nitrogens with zero attached hydrogens (tertiary/aromatic N) is 4. The molecule has 6 heteroatoms. The first kappa shape index (κ1) is 8.33. The van der Waals surface area contributed by atoms with Crippen molar-refractivity contribution in [1.82, 2.24) is 20.2 Å². The highest BCUT2D eigenvalue weighted by Gasteiger charge is 2.06. The molecule has 2 aromatic rings. The van der Waals surface area contributed by atoms with E-state index in [0.717, 1.165) is 10.4 Å². The summed E-state index contributed by atoms with van der Waals surface area (Å²) in [5.41, 5.74) is 6.60. The zero-order chi connectivity index (χ0) is 9.26. The highest BCUT2D eigenvalue weighted by molar-refractivity contribution is 7.13. The maximum Gasteiger partial charge on any atom is 0.214 e. The molecule has 0 bridgehead atoms. The summed E-state index contributed by atoms with van der Waals surface area (Å²) in [4.78, 5) is 2.45. The monoisotopic (exact) mass is 195 g/mol. The Hall–Kier alpha value is -1.27. The third kappa shape index (κ3) is 1.58. The van der Waals surface area contributed by atoms with Gasteiger partial charge in [0.05, 0.1) is 11.9 Å². The standard InChI is InChI=1S/C7H9N5S/c1-12-10-7(9-11-12)6-2-5(3-8)4-13-6/h2,4H,3,8H2,1H3. The third-order valence-corrected chi connectivity index (χ3v) is 2.59. The van der Waals surface area contributed by atoms with Crippen LogP contribution in [0.3, 0.4) is 0 Å². The molecule has 0 saturated carbocycles. The summed E-state index contributed by atoms with van der Waals surface area (Å²) >= 11 is 1.58. The normalized spacial score (nSPS) is 10.6. The number of hydrogen-bond acceptors (Lipinski definition) is 5. The van der Waals surface area contributed by atoms with Gasteiger partial charge in [-0.05, 0) is 22.2 Å². The molecule has 0 saturated heterocycles. The van der Waals surface area contributed by atoms with E-state index >= 15 is 0 Å². The average molecular weight is 195 g/mol. The van der Waals surface area contributed by atoms with Crippen LogP contribution in [0.15, 0.2) is 11.4 Å². The average Bonchev–Trinajstić information content (AvgIpc) is 2.71. The number of aryl methyl sites for hydroxylation is 1. The fourth-order valence-corrected chi connectivity index (χ4v) is 1.83. The van der Waals surface area contributed by atoms with Crippen molar-refractivity contribution < 1.29 is 0 Å². The van der Waals surface area contributed by atoms with Crippen molar-refractivity contribution in [3.8, 4) is 10.7 Å². The van der Waals surface area contributed by atoms with Crippen LogP contribution < -0.4 is 5.73 Å². The van der Waals surface area contributed by atoms with Gasteiger partial charge in [-0.25, -0.2) is 0 Å². The summed E-state index contributed by atoms with van der Waals surface area (Å²) in [6.07, 6.45) is 0. The lowest BCUT2D eigenvalue weighted by Gasteiger charge is -1.84. The fourth-order valence-electron chi connectivity index (χ4n) is 0.983. The van der Waals surface area contributed by atoms with Crippen LogP contribution in [0.2, 0.25) is 0 Å². The summed E-state index contributed by atoms with van der Waals surface area (Å²) in [6, 6.07) is 1.99. The van der Waals surface area contributed by atoms with Crippen LogP contribution in [0.5, 0.6) is 0 Å². The van der Waals surface area contributed by atoms with Crippen LogP contribution in [0.1, 0.15) is 5.56 Å². The van der Waals surface area contributed by atoms with Crippen LogP contribution in [0.4, 0.5) is 0 Å². The van der Waals surface area contributed by atoms with Gasteiger partial charge in [0.25, 0.3) is 0 Å². The molecule has 0 amide bonds.